The molecule has 1 aliphatic rings. The van der Waals surface area contributed by atoms with Crippen molar-refractivity contribution in [3.63, 3.8) is 0 Å². The molecule has 5 nitrogen and oxygen atoms in total. The van der Waals surface area contributed by atoms with Gasteiger partial charge >= 0.3 is 5.97 Å². The number of nitrogens with one attached hydrogen (secondary N) is 2. The van der Waals surface area contributed by atoms with Gasteiger partial charge in [-0.1, -0.05) is 0 Å². The molecule has 0 aromatic heterocycles. The van der Waals surface area contributed by atoms with Crippen LogP contribution in [0.5, 0.6) is 0 Å². The first-order chi connectivity index (χ1) is 6.65. The zero-order chi connectivity index (χ0) is 10.6. The number of rotatable bonds is 3. The van der Waals surface area contributed by atoms with Crippen molar-refractivity contribution in [2.45, 2.75) is 31.8 Å². The minimum Gasteiger partial charge on any atom is -0.467 e. The number of halogens is 1. The maximum atomic E-state index is 11.5. The topological polar surface area (TPSA) is 67.4 Å². The average molecular weight is 237 g/mol. The first-order valence-corrected chi connectivity index (χ1v) is 4.76. The molecule has 0 radical (unpaired) electrons. The second-order valence-electron chi connectivity index (χ2n) is 3.40. The molecule has 0 unspecified atom stereocenters. The molecule has 0 bridgehead atoms. The van der Waals surface area contributed by atoms with Gasteiger partial charge in [0.25, 0.3) is 0 Å². The average Bonchev–Trinajstić information content (AvgIpc) is 2.69. The summed E-state index contributed by atoms with van der Waals surface area (Å²) in [5.41, 5.74) is 0. The summed E-state index contributed by atoms with van der Waals surface area (Å²) < 4.78 is 4.50. The van der Waals surface area contributed by atoms with Crippen LogP contribution in [0.3, 0.4) is 0 Å². The van der Waals surface area contributed by atoms with Crippen LogP contribution in [0.2, 0.25) is 0 Å². The van der Waals surface area contributed by atoms with Crippen LogP contribution >= 0.6 is 12.4 Å². The molecule has 0 saturated carbocycles. The van der Waals surface area contributed by atoms with Crippen LogP contribution in [0.15, 0.2) is 0 Å². The van der Waals surface area contributed by atoms with Gasteiger partial charge in [0.2, 0.25) is 5.91 Å². The third-order valence-electron chi connectivity index (χ3n) is 2.29. The van der Waals surface area contributed by atoms with Gasteiger partial charge in [0, 0.05) is 0 Å². The Kier molecular flexibility index (Phi) is 6.27. The second kappa shape index (κ2) is 6.63. The summed E-state index contributed by atoms with van der Waals surface area (Å²) in [7, 11) is 1.30. The fraction of sp³-hybridized carbons (Fsp3) is 0.778. The van der Waals surface area contributed by atoms with E-state index in [2.05, 4.69) is 15.4 Å². The zero-order valence-electron chi connectivity index (χ0n) is 8.91. The molecule has 1 rings (SSSR count). The van der Waals surface area contributed by atoms with Gasteiger partial charge in [-0.25, -0.2) is 4.79 Å². The summed E-state index contributed by atoms with van der Waals surface area (Å²) in [6.45, 7) is 2.48. The number of ether oxygens (including phenoxy) is 1. The van der Waals surface area contributed by atoms with Crippen LogP contribution in [-0.2, 0) is 14.3 Å². The van der Waals surface area contributed by atoms with E-state index >= 15 is 0 Å². The molecule has 6 heteroatoms. The van der Waals surface area contributed by atoms with Gasteiger partial charge in [-0.05, 0) is 26.3 Å². The van der Waals surface area contributed by atoms with Crippen LogP contribution in [0, 0.1) is 0 Å². The Morgan fingerprint density at radius 1 is 1.53 bits per heavy atom. The van der Waals surface area contributed by atoms with Crippen molar-refractivity contribution < 1.29 is 14.3 Å². The lowest BCUT2D eigenvalue weighted by Gasteiger charge is -2.15. The Labute approximate surface area is 95.3 Å². The van der Waals surface area contributed by atoms with Gasteiger partial charge in [-0.2, -0.15) is 0 Å². The van der Waals surface area contributed by atoms with Crippen molar-refractivity contribution in [3.05, 3.63) is 0 Å². The number of hydrogen-bond donors (Lipinski definition) is 2. The van der Waals surface area contributed by atoms with Crippen molar-refractivity contribution in [2.75, 3.05) is 13.7 Å². The number of hydrogen-bond acceptors (Lipinski definition) is 4. The normalized spacial score (nSPS) is 21.3. The third-order valence-corrected chi connectivity index (χ3v) is 2.29. The van der Waals surface area contributed by atoms with Gasteiger partial charge in [-0.3, -0.25) is 4.79 Å². The van der Waals surface area contributed by atoms with E-state index in [4.69, 9.17) is 0 Å². The Bertz CT molecular complexity index is 229. The number of methoxy groups -OCH3 is 1. The standard InChI is InChI=1S/C9H16N2O3.ClH/c1-6(9(13)14-2)11-8(12)7-4-3-5-10-7;/h6-7,10H,3-5H2,1-2H3,(H,11,12);1H/t6-,7-;/m0./s1. The quantitative estimate of drug-likeness (QED) is 0.669. The molecule has 1 heterocycles. The predicted octanol–water partition coefficient (Wildman–Crippen LogP) is -0.162. The summed E-state index contributed by atoms with van der Waals surface area (Å²) >= 11 is 0. The van der Waals surface area contributed by atoms with Crippen molar-refractivity contribution in [1.82, 2.24) is 10.6 Å². The number of esters is 1. The minimum atomic E-state index is -0.574. The van der Waals surface area contributed by atoms with Crippen LogP contribution in [0.25, 0.3) is 0 Å². The molecule has 1 amide bonds. The van der Waals surface area contributed by atoms with Gasteiger partial charge in [-0.15, -0.1) is 12.4 Å². The van der Waals surface area contributed by atoms with Crippen molar-refractivity contribution in [1.29, 1.82) is 0 Å². The van der Waals surface area contributed by atoms with Crippen molar-refractivity contribution in [3.8, 4) is 0 Å². The highest BCUT2D eigenvalue weighted by molar-refractivity contribution is 5.87. The fourth-order valence-electron chi connectivity index (χ4n) is 1.46. The van der Waals surface area contributed by atoms with Gasteiger partial charge in [0.15, 0.2) is 0 Å². The summed E-state index contributed by atoms with van der Waals surface area (Å²) in [6.07, 6.45) is 1.84. The lowest BCUT2D eigenvalue weighted by atomic mass is 10.2. The minimum absolute atomic E-state index is 0. The lowest BCUT2D eigenvalue weighted by molar-refractivity contribution is -0.144. The molecule has 0 spiro atoms. The van der Waals surface area contributed by atoms with E-state index in [0.29, 0.717) is 0 Å². The van der Waals surface area contributed by atoms with E-state index < -0.39 is 12.0 Å². The molecule has 0 aliphatic carbocycles. The van der Waals surface area contributed by atoms with Crippen LogP contribution in [0.4, 0.5) is 0 Å². The van der Waals surface area contributed by atoms with E-state index in [9.17, 15) is 9.59 Å². The molecular weight excluding hydrogens is 220 g/mol. The Morgan fingerprint density at radius 2 is 2.20 bits per heavy atom. The molecule has 88 valence electrons. The predicted molar refractivity (Wildman–Crippen MR) is 57.9 cm³/mol. The third kappa shape index (κ3) is 4.05. The van der Waals surface area contributed by atoms with Gasteiger partial charge < -0.3 is 15.4 Å². The van der Waals surface area contributed by atoms with Crippen molar-refractivity contribution in [2.24, 2.45) is 0 Å². The Balaban J connectivity index is 0.00000196. The zero-order valence-corrected chi connectivity index (χ0v) is 9.73. The van der Waals surface area contributed by atoms with E-state index in [1.54, 1.807) is 6.92 Å². The maximum Gasteiger partial charge on any atom is 0.328 e. The summed E-state index contributed by atoms with van der Waals surface area (Å²) in [4.78, 5) is 22.5. The Morgan fingerprint density at radius 3 is 2.67 bits per heavy atom. The van der Waals surface area contributed by atoms with E-state index in [1.165, 1.54) is 7.11 Å². The first kappa shape index (κ1) is 14.2. The molecule has 0 aromatic rings. The molecule has 2 atom stereocenters. The smallest absolute Gasteiger partial charge is 0.328 e. The molecule has 15 heavy (non-hydrogen) atoms. The number of carbonyl (C=O) groups excluding carboxylic acids is 2. The van der Waals surface area contributed by atoms with E-state index in [0.717, 1.165) is 19.4 Å². The number of carbonyl (C=O) groups is 2. The van der Waals surface area contributed by atoms with Crippen molar-refractivity contribution >= 4 is 24.3 Å². The Hall–Kier alpha value is -0.810. The highest BCUT2D eigenvalue weighted by Crippen LogP contribution is 2.04. The van der Waals surface area contributed by atoms with E-state index in [-0.39, 0.29) is 24.4 Å². The highest BCUT2D eigenvalue weighted by atomic mass is 35.5. The van der Waals surface area contributed by atoms with Crippen LogP contribution in [0.1, 0.15) is 19.8 Å². The van der Waals surface area contributed by atoms with Crippen LogP contribution in [-0.4, -0.2) is 37.6 Å². The number of amides is 1. The largest absolute Gasteiger partial charge is 0.467 e. The van der Waals surface area contributed by atoms with Gasteiger partial charge in [0.05, 0.1) is 13.2 Å². The highest BCUT2D eigenvalue weighted by Gasteiger charge is 2.25. The van der Waals surface area contributed by atoms with E-state index in [1.807, 2.05) is 0 Å². The monoisotopic (exact) mass is 236 g/mol. The molecule has 1 aliphatic heterocycles. The molecule has 1 fully saturated rings. The second-order valence-corrected chi connectivity index (χ2v) is 3.40. The maximum absolute atomic E-state index is 11.5. The molecule has 2 N–H and O–H groups in total. The fourth-order valence-corrected chi connectivity index (χ4v) is 1.46. The molecule has 1 saturated heterocycles. The molecule has 0 aromatic carbocycles. The SMILES string of the molecule is COC(=O)[C@H](C)NC(=O)[C@@H]1CCCN1.Cl. The van der Waals surface area contributed by atoms with Crippen LogP contribution < -0.4 is 10.6 Å². The molecular formula is C9H17ClN2O3. The summed E-state index contributed by atoms with van der Waals surface area (Å²) in [5, 5.41) is 5.65. The first-order valence-electron chi connectivity index (χ1n) is 4.76. The lowest BCUT2D eigenvalue weighted by Crippen LogP contribution is -2.47. The van der Waals surface area contributed by atoms with Gasteiger partial charge in [0.1, 0.15) is 6.04 Å². The summed E-state index contributed by atoms with van der Waals surface area (Å²) in [5.74, 6) is -0.545. The summed E-state index contributed by atoms with van der Waals surface area (Å²) in [6, 6.07) is -0.725.